The maximum atomic E-state index is 11.4. The minimum absolute atomic E-state index is 0.0618. The Morgan fingerprint density at radius 1 is 1.35 bits per heavy atom. The molecule has 0 aliphatic rings. The normalized spacial score (nSPS) is 12.2. The van der Waals surface area contributed by atoms with Gasteiger partial charge in [0.05, 0.1) is 13.2 Å². The van der Waals surface area contributed by atoms with Gasteiger partial charge in [0.15, 0.2) is 0 Å². The molecule has 0 aliphatic carbocycles. The fourth-order valence-electron chi connectivity index (χ4n) is 1.98. The zero-order valence-electron chi connectivity index (χ0n) is 11.4. The molecule has 2 aromatic rings. The minimum Gasteiger partial charge on any atom is -0.463 e. The summed E-state index contributed by atoms with van der Waals surface area (Å²) >= 11 is 6.16. The van der Waals surface area contributed by atoms with E-state index in [1.807, 2.05) is 31.3 Å². The topological polar surface area (TPSA) is 51.5 Å². The van der Waals surface area contributed by atoms with Crippen molar-refractivity contribution in [3.8, 4) is 0 Å². The van der Waals surface area contributed by atoms with Gasteiger partial charge < -0.3 is 14.5 Å². The molecule has 1 atom stereocenters. The number of hydrogen-bond donors (Lipinski definition) is 1. The van der Waals surface area contributed by atoms with Crippen molar-refractivity contribution in [3.05, 3.63) is 58.5 Å². The molecular weight excluding hydrogens is 278 g/mol. The molecule has 0 radical (unpaired) electrons. The van der Waals surface area contributed by atoms with Crippen LogP contribution in [-0.2, 0) is 11.2 Å². The van der Waals surface area contributed by atoms with Gasteiger partial charge in [0.1, 0.15) is 5.76 Å². The third-order valence-corrected chi connectivity index (χ3v) is 3.46. The van der Waals surface area contributed by atoms with Crippen molar-refractivity contribution in [2.24, 2.45) is 0 Å². The molecule has 4 nitrogen and oxygen atoms in total. The Hall–Kier alpha value is -1.78. The molecule has 0 fully saturated rings. The molecule has 1 aromatic carbocycles. The molecule has 0 saturated heterocycles. The third-order valence-electron chi connectivity index (χ3n) is 3.09. The zero-order valence-corrected chi connectivity index (χ0v) is 12.1. The Labute approximate surface area is 122 Å². The Kier molecular flexibility index (Phi) is 4.82. The average molecular weight is 294 g/mol. The van der Waals surface area contributed by atoms with Gasteiger partial charge in [-0.1, -0.05) is 29.8 Å². The van der Waals surface area contributed by atoms with Crippen molar-refractivity contribution in [3.63, 3.8) is 0 Å². The van der Waals surface area contributed by atoms with E-state index in [0.29, 0.717) is 17.2 Å². The van der Waals surface area contributed by atoms with Crippen LogP contribution in [0, 0.1) is 0 Å². The molecule has 20 heavy (non-hydrogen) atoms. The first-order chi connectivity index (χ1) is 9.65. The highest BCUT2D eigenvalue weighted by atomic mass is 35.5. The lowest BCUT2D eigenvalue weighted by atomic mass is 10.0. The van der Waals surface area contributed by atoms with Crippen LogP contribution in [-0.4, -0.2) is 20.1 Å². The summed E-state index contributed by atoms with van der Waals surface area (Å²) in [7, 11) is 3.16. The Bertz CT molecular complexity index is 594. The smallest absolute Gasteiger partial charge is 0.373 e. The zero-order chi connectivity index (χ0) is 14.5. The SMILES string of the molecule is CNC(Cc1ccccc1Cl)c1ccc(C(=O)OC)o1. The Morgan fingerprint density at radius 3 is 2.75 bits per heavy atom. The van der Waals surface area contributed by atoms with Crippen LogP contribution in [0.5, 0.6) is 0 Å². The predicted octanol–water partition coefficient (Wildman–Crippen LogP) is 3.22. The van der Waals surface area contributed by atoms with Gasteiger partial charge in [-0.3, -0.25) is 0 Å². The van der Waals surface area contributed by atoms with Gasteiger partial charge in [0, 0.05) is 5.02 Å². The summed E-state index contributed by atoms with van der Waals surface area (Å²) in [6.07, 6.45) is 0.671. The average Bonchev–Trinajstić information content (AvgIpc) is 2.95. The molecular formula is C15H16ClNO3. The van der Waals surface area contributed by atoms with Crippen molar-refractivity contribution in [1.82, 2.24) is 5.32 Å². The van der Waals surface area contributed by atoms with E-state index in [0.717, 1.165) is 5.56 Å². The van der Waals surface area contributed by atoms with Gasteiger partial charge >= 0.3 is 5.97 Å². The van der Waals surface area contributed by atoms with E-state index in [1.54, 1.807) is 12.1 Å². The summed E-state index contributed by atoms with van der Waals surface area (Å²) in [4.78, 5) is 11.4. The molecule has 0 spiro atoms. The van der Waals surface area contributed by atoms with Crippen LogP contribution in [0.25, 0.3) is 0 Å². The summed E-state index contributed by atoms with van der Waals surface area (Å²) in [6.45, 7) is 0. The second kappa shape index (κ2) is 6.59. The summed E-state index contributed by atoms with van der Waals surface area (Å²) in [5.74, 6) is 0.388. The number of esters is 1. The van der Waals surface area contributed by atoms with Crippen LogP contribution in [0.15, 0.2) is 40.8 Å². The molecule has 0 amide bonds. The van der Waals surface area contributed by atoms with Gasteiger partial charge in [0.25, 0.3) is 0 Å². The monoisotopic (exact) mass is 293 g/mol. The summed E-state index contributed by atoms with van der Waals surface area (Å²) in [6, 6.07) is 11.0. The standard InChI is InChI=1S/C15H16ClNO3/c1-17-12(9-10-5-3-4-6-11(10)16)13-7-8-14(20-13)15(18)19-2/h3-8,12,17H,9H2,1-2H3. The number of halogens is 1. The number of carbonyl (C=O) groups excluding carboxylic acids is 1. The van der Waals surface area contributed by atoms with Crippen LogP contribution >= 0.6 is 11.6 Å². The van der Waals surface area contributed by atoms with E-state index in [2.05, 4.69) is 10.1 Å². The van der Waals surface area contributed by atoms with E-state index in [4.69, 9.17) is 16.0 Å². The number of carbonyl (C=O) groups is 1. The van der Waals surface area contributed by atoms with Gasteiger partial charge in [-0.25, -0.2) is 4.79 Å². The molecule has 1 N–H and O–H groups in total. The number of hydrogen-bond acceptors (Lipinski definition) is 4. The predicted molar refractivity (Wildman–Crippen MR) is 77.0 cm³/mol. The number of nitrogens with one attached hydrogen (secondary N) is 1. The van der Waals surface area contributed by atoms with Crippen molar-refractivity contribution in [2.45, 2.75) is 12.5 Å². The van der Waals surface area contributed by atoms with Crippen LogP contribution in [0.4, 0.5) is 0 Å². The van der Waals surface area contributed by atoms with Crippen LogP contribution < -0.4 is 5.32 Å². The fourth-order valence-corrected chi connectivity index (χ4v) is 2.19. The van der Waals surface area contributed by atoms with Crippen molar-refractivity contribution < 1.29 is 13.9 Å². The number of benzene rings is 1. The highest BCUT2D eigenvalue weighted by Crippen LogP contribution is 2.24. The molecule has 2 rings (SSSR count). The van der Waals surface area contributed by atoms with Crippen LogP contribution in [0.3, 0.4) is 0 Å². The molecule has 5 heteroatoms. The molecule has 1 aromatic heterocycles. The fraction of sp³-hybridized carbons (Fsp3) is 0.267. The number of furan rings is 1. The number of rotatable bonds is 5. The quantitative estimate of drug-likeness (QED) is 0.860. The maximum absolute atomic E-state index is 11.4. The lowest BCUT2D eigenvalue weighted by Crippen LogP contribution is -2.18. The molecule has 1 unspecified atom stereocenters. The second-order valence-electron chi connectivity index (χ2n) is 4.33. The minimum atomic E-state index is -0.483. The maximum Gasteiger partial charge on any atom is 0.373 e. The van der Waals surface area contributed by atoms with Crippen LogP contribution in [0.1, 0.15) is 27.9 Å². The molecule has 106 valence electrons. The van der Waals surface area contributed by atoms with Crippen molar-refractivity contribution in [2.75, 3.05) is 14.2 Å². The van der Waals surface area contributed by atoms with E-state index in [9.17, 15) is 4.79 Å². The number of likely N-dealkylation sites (N-methyl/N-ethyl adjacent to an activating group) is 1. The number of ether oxygens (including phenoxy) is 1. The summed E-state index contributed by atoms with van der Waals surface area (Å²) in [5, 5.41) is 3.88. The third kappa shape index (κ3) is 3.21. The molecule has 1 heterocycles. The van der Waals surface area contributed by atoms with Crippen molar-refractivity contribution in [1.29, 1.82) is 0 Å². The van der Waals surface area contributed by atoms with E-state index >= 15 is 0 Å². The molecule has 0 bridgehead atoms. The van der Waals surface area contributed by atoms with E-state index < -0.39 is 5.97 Å². The first kappa shape index (κ1) is 14.6. The first-order valence-electron chi connectivity index (χ1n) is 6.24. The number of methoxy groups -OCH3 is 1. The summed E-state index contributed by atoms with van der Waals surface area (Å²) in [5.41, 5.74) is 1.02. The van der Waals surface area contributed by atoms with Gasteiger partial charge in [-0.15, -0.1) is 0 Å². The van der Waals surface area contributed by atoms with Gasteiger partial charge in [0.2, 0.25) is 5.76 Å². The summed E-state index contributed by atoms with van der Waals surface area (Å²) < 4.78 is 10.1. The van der Waals surface area contributed by atoms with E-state index in [1.165, 1.54) is 7.11 Å². The Morgan fingerprint density at radius 2 is 2.10 bits per heavy atom. The highest BCUT2D eigenvalue weighted by Gasteiger charge is 2.18. The highest BCUT2D eigenvalue weighted by molar-refractivity contribution is 6.31. The molecule has 0 saturated carbocycles. The lowest BCUT2D eigenvalue weighted by molar-refractivity contribution is 0.0562. The van der Waals surface area contributed by atoms with Gasteiger partial charge in [-0.2, -0.15) is 0 Å². The second-order valence-corrected chi connectivity index (χ2v) is 4.74. The Balaban J connectivity index is 2.18. The van der Waals surface area contributed by atoms with E-state index in [-0.39, 0.29) is 11.8 Å². The van der Waals surface area contributed by atoms with Crippen LogP contribution in [0.2, 0.25) is 5.02 Å². The van der Waals surface area contributed by atoms with Gasteiger partial charge in [-0.05, 0) is 37.2 Å². The first-order valence-corrected chi connectivity index (χ1v) is 6.62. The molecule has 0 aliphatic heterocycles. The lowest BCUT2D eigenvalue weighted by Gasteiger charge is -2.14. The van der Waals surface area contributed by atoms with Crippen molar-refractivity contribution >= 4 is 17.6 Å². The largest absolute Gasteiger partial charge is 0.463 e.